The molecule has 0 aliphatic carbocycles. The lowest BCUT2D eigenvalue weighted by Crippen LogP contribution is -2.35. The Morgan fingerprint density at radius 2 is 1.48 bits per heavy atom. The van der Waals surface area contributed by atoms with E-state index in [2.05, 4.69) is 34.1 Å². The molecule has 0 saturated carbocycles. The lowest BCUT2D eigenvalue weighted by atomic mass is 9.99. The first kappa shape index (κ1) is 19.8. The molecule has 2 aliphatic rings. The molecule has 2 fully saturated rings. The molecule has 4 rings (SSSR count). The van der Waals surface area contributed by atoms with Gasteiger partial charge in [0.25, 0.3) is 5.91 Å². The van der Waals surface area contributed by atoms with Crippen LogP contribution in [0.5, 0.6) is 5.75 Å². The molecule has 0 spiro atoms. The second-order valence-electron chi connectivity index (χ2n) is 8.23. The molecule has 0 radical (unpaired) electrons. The number of hydrogen-bond donors (Lipinski definition) is 0. The van der Waals surface area contributed by atoms with Gasteiger partial charge < -0.3 is 14.5 Å². The number of anilines is 1. The molecule has 2 aliphatic heterocycles. The fourth-order valence-electron chi connectivity index (χ4n) is 4.66. The monoisotopic (exact) mass is 392 g/mol. The summed E-state index contributed by atoms with van der Waals surface area (Å²) in [5, 5.41) is 0. The van der Waals surface area contributed by atoms with E-state index in [1.807, 2.05) is 24.3 Å². The maximum Gasteiger partial charge on any atom is 0.254 e. The number of likely N-dealkylation sites (tertiary alicyclic amines) is 1. The zero-order valence-electron chi connectivity index (χ0n) is 17.5. The van der Waals surface area contributed by atoms with Crippen molar-refractivity contribution in [1.82, 2.24) is 4.90 Å². The second-order valence-corrected chi connectivity index (χ2v) is 8.23. The Labute approximate surface area is 174 Å². The van der Waals surface area contributed by atoms with Gasteiger partial charge in [0, 0.05) is 30.9 Å². The number of piperidine rings is 1. The van der Waals surface area contributed by atoms with Crippen LogP contribution in [-0.2, 0) is 0 Å². The van der Waals surface area contributed by atoms with Crippen molar-refractivity contribution in [3.63, 3.8) is 0 Å². The third kappa shape index (κ3) is 4.58. The molecule has 2 aromatic carbocycles. The van der Waals surface area contributed by atoms with Gasteiger partial charge in [0.1, 0.15) is 5.75 Å². The highest BCUT2D eigenvalue weighted by molar-refractivity contribution is 5.95. The first-order valence-corrected chi connectivity index (χ1v) is 11.1. The van der Waals surface area contributed by atoms with Crippen molar-refractivity contribution in [2.45, 2.75) is 51.0 Å². The van der Waals surface area contributed by atoms with Crippen LogP contribution in [0.15, 0.2) is 48.5 Å². The van der Waals surface area contributed by atoms with Crippen molar-refractivity contribution in [2.75, 3.05) is 31.6 Å². The lowest BCUT2D eigenvalue weighted by Gasteiger charge is -2.31. The number of hydrogen-bond acceptors (Lipinski definition) is 3. The molecule has 0 unspecified atom stereocenters. The number of carbonyl (C=O) groups excluding carboxylic acids is 1. The van der Waals surface area contributed by atoms with E-state index in [1.165, 1.54) is 36.9 Å². The van der Waals surface area contributed by atoms with Crippen LogP contribution in [0.1, 0.15) is 66.9 Å². The van der Waals surface area contributed by atoms with Crippen molar-refractivity contribution in [3.05, 3.63) is 59.7 Å². The average Bonchev–Trinajstić information content (AvgIpc) is 3.05. The normalized spacial score (nSPS) is 20.2. The summed E-state index contributed by atoms with van der Waals surface area (Å²) < 4.78 is 5.30. The Kier molecular flexibility index (Phi) is 6.38. The predicted molar refractivity (Wildman–Crippen MR) is 118 cm³/mol. The summed E-state index contributed by atoms with van der Waals surface area (Å²) >= 11 is 0. The molecule has 1 amide bonds. The van der Waals surface area contributed by atoms with Crippen LogP contribution in [0.2, 0.25) is 0 Å². The maximum atomic E-state index is 13.4. The predicted octanol–water partition coefficient (Wildman–Crippen LogP) is 5.44. The fraction of sp³-hybridized carbons (Fsp3) is 0.480. The number of methoxy groups -OCH3 is 1. The highest BCUT2D eigenvalue weighted by atomic mass is 16.5. The molecular formula is C25H32N2O2. The van der Waals surface area contributed by atoms with Crippen molar-refractivity contribution in [1.29, 1.82) is 0 Å². The Balaban J connectivity index is 1.53. The topological polar surface area (TPSA) is 32.8 Å². The first-order chi connectivity index (χ1) is 14.3. The quantitative estimate of drug-likeness (QED) is 0.694. The molecule has 4 nitrogen and oxygen atoms in total. The molecule has 0 bridgehead atoms. The summed E-state index contributed by atoms with van der Waals surface area (Å²) in [4.78, 5) is 18.0. The van der Waals surface area contributed by atoms with Gasteiger partial charge in [-0.15, -0.1) is 0 Å². The average molecular weight is 393 g/mol. The van der Waals surface area contributed by atoms with Gasteiger partial charge in [-0.25, -0.2) is 0 Å². The van der Waals surface area contributed by atoms with Gasteiger partial charge in [-0.2, -0.15) is 0 Å². The zero-order valence-corrected chi connectivity index (χ0v) is 17.5. The molecule has 1 atom stereocenters. The maximum absolute atomic E-state index is 13.4. The summed E-state index contributed by atoms with van der Waals surface area (Å²) in [5.41, 5.74) is 3.24. The SMILES string of the molecule is COc1ccc([C@@H]2CCCCCN2C(=O)c2ccc(N3CCCCC3)cc2)cc1. The van der Waals surface area contributed by atoms with Crippen LogP contribution in [-0.4, -0.2) is 37.6 Å². The number of amides is 1. The summed E-state index contributed by atoms with van der Waals surface area (Å²) in [6, 6.07) is 16.6. The van der Waals surface area contributed by atoms with E-state index in [0.29, 0.717) is 0 Å². The highest BCUT2D eigenvalue weighted by Crippen LogP contribution is 2.32. The smallest absolute Gasteiger partial charge is 0.254 e. The van der Waals surface area contributed by atoms with Crippen molar-refractivity contribution in [2.24, 2.45) is 0 Å². The standard InChI is InChI=1S/C25H32N2O2/c1-29-23-15-11-20(12-16-23)24-8-4-2-7-19-27(24)25(28)21-9-13-22(14-10-21)26-17-5-3-6-18-26/h9-16,24H,2-8,17-19H2,1H3/t24-/m0/s1. The Morgan fingerprint density at radius 1 is 0.828 bits per heavy atom. The van der Waals surface area contributed by atoms with E-state index in [9.17, 15) is 4.79 Å². The fourth-order valence-corrected chi connectivity index (χ4v) is 4.66. The number of benzene rings is 2. The number of carbonyl (C=O) groups is 1. The highest BCUT2D eigenvalue weighted by Gasteiger charge is 2.27. The molecular weight excluding hydrogens is 360 g/mol. The first-order valence-electron chi connectivity index (χ1n) is 11.1. The van der Waals surface area contributed by atoms with Crippen LogP contribution in [0.3, 0.4) is 0 Å². The van der Waals surface area contributed by atoms with E-state index in [4.69, 9.17) is 4.74 Å². The van der Waals surface area contributed by atoms with E-state index in [1.54, 1.807) is 7.11 Å². The summed E-state index contributed by atoms with van der Waals surface area (Å²) in [6.45, 7) is 3.07. The van der Waals surface area contributed by atoms with Gasteiger partial charge in [-0.1, -0.05) is 25.0 Å². The minimum absolute atomic E-state index is 0.137. The van der Waals surface area contributed by atoms with Crippen LogP contribution in [0, 0.1) is 0 Å². The van der Waals surface area contributed by atoms with Gasteiger partial charge in [-0.05, 0) is 74.1 Å². The van der Waals surface area contributed by atoms with Gasteiger partial charge >= 0.3 is 0 Å². The Morgan fingerprint density at radius 3 is 2.17 bits per heavy atom. The van der Waals surface area contributed by atoms with Crippen molar-refractivity contribution >= 4 is 11.6 Å². The lowest BCUT2D eigenvalue weighted by molar-refractivity contribution is 0.0681. The molecule has 2 saturated heterocycles. The van der Waals surface area contributed by atoms with Gasteiger partial charge in [0.05, 0.1) is 13.2 Å². The van der Waals surface area contributed by atoms with Crippen LogP contribution >= 0.6 is 0 Å². The minimum Gasteiger partial charge on any atom is -0.497 e. The zero-order chi connectivity index (χ0) is 20.1. The van der Waals surface area contributed by atoms with Gasteiger partial charge in [-0.3, -0.25) is 4.79 Å². The third-order valence-electron chi connectivity index (χ3n) is 6.35. The van der Waals surface area contributed by atoms with Crippen LogP contribution < -0.4 is 9.64 Å². The van der Waals surface area contributed by atoms with Gasteiger partial charge in [0.15, 0.2) is 0 Å². The summed E-state index contributed by atoms with van der Waals surface area (Å²) in [7, 11) is 1.68. The minimum atomic E-state index is 0.137. The molecule has 154 valence electrons. The molecule has 29 heavy (non-hydrogen) atoms. The van der Waals surface area contributed by atoms with E-state index < -0.39 is 0 Å². The number of nitrogens with zero attached hydrogens (tertiary/aromatic N) is 2. The second kappa shape index (κ2) is 9.34. The summed E-state index contributed by atoms with van der Waals surface area (Å²) in [5.74, 6) is 1.01. The molecule has 0 N–H and O–H groups in total. The van der Waals surface area contributed by atoms with Gasteiger partial charge in [0.2, 0.25) is 0 Å². The largest absolute Gasteiger partial charge is 0.497 e. The van der Waals surface area contributed by atoms with Crippen LogP contribution in [0.4, 0.5) is 5.69 Å². The number of ether oxygens (including phenoxy) is 1. The molecule has 2 heterocycles. The Bertz CT molecular complexity index is 795. The molecule has 2 aromatic rings. The molecule has 4 heteroatoms. The Hall–Kier alpha value is -2.49. The van der Waals surface area contributed by atoms with Crippen LogP contribution in [0.25, 0.3) is 0 Å². The number of rotatable bonds is 4. The van der Waals surface area contributed by atoms with E-state index in [0.717, 1.165) is 50.2 Å². The van der Waals surface area contributed by atoms with E-state index >= 15 is 0 Å². The van der Waals surface area contributed by atoms with Crippen molar-refractivity contribution < 1.29 is 9.53 Å². The summed E-state index contributed by atoms with van der Waals surface area (Å²) in [6.07, 6.45) is 8.29. The van der Waals surface area contributed by atoms with Crippen molar-refractivity contribution in [3.8, 4) is 5.75 Å². The van der Waals surface area contributed by atoms with E-state index in [-0.39, 0.29) is 11.9 Å². The molecule has 0 aromatic heterocycles. The third-order valence-corrected chi connectivity index (χ3v) is 6.35.